The largest absolute Gasteiger partial charge is 0.367 e. The maximum absolute atomic E-state index is 10.7. The fourth-order valence-corrected chi connectivity index (χ4v) is 2.42. The van der Waals surface area contributed by atoms with E-state index in [1.54, 1.807) is 6.07 Å². The summed E-state index contributed by atoms with van der Waals surface area (Å²) >= 11 is 0. The molecule has 0 amide bonds. The number of nitrogens with zero attached hydrogens (tertiary/aromatic N) is 3. The van der Waals surface area contributed by atoms with E-state index in [0.29, 0.717) is 12.1 Å². The maximum atomic E-state index is 10.7. The van der Waals surface area contributed by atoms with Crippen LogP contribution in [-0.2, 0) is 0 Å². The number of nitrogens with one attached hydrogen (secondary N) is 1. The Balaban J connectivity index is 2.05. The molecule has 6 nitrogen and oxygen atoms in total. The highest BCUT2D eigenvalue weighted by Gasteiger charge is 2.23. The van der Waals surface area contributed by atoms with Gasteiger partial charge in [0, 0.05) is 24.7 Å². The Kier molecular flexibility index (Phi) is 3.99. The van der Waals surface area contributed by atoms with Crippen molar-refractivity contribution in [3.05, 3.63) is 27.9 Å². The van der Waals surface area contributed by atoms with Crippen LogP contribution in [0.1, 0.15) is 25.3 Å². The number of aryl methyl sites for hydroxylation is 1. The van der Waals surface area contributed by atoms with Crippen molar-refractivity contribution in [3.63, 3.8) is 0 Å². The van der Waals surface area contributed by atoms with Crippen LogP contribution in [0.15, 0.2) is 12.3 Å². The second kappa shape index (κ2) is 5.52. The lowest BCUT2D eigenvalue weighted by Gasteiger charge is -2.35. The van der Waals surface area contributed by atoms with Gasteiger partial charge >= 0.3 is 0 Å². The van der Waals surface area contributed by atoms with Crippen LogP contribution >= 0.6 is 0 Å². The van der Waals surface area contributed by atoms with Gasteiger partial charge in [-0.2, -0.15) is 0 Å². The minimum absolute atomic E-state index is 0.0415. The van der Waals surface area contributed by atoms with E-state index in [4.69, 9.17) is 0 Å². The molecular weight excluding hydrogens is 244 g/mol. The molecule has 0 radical (unpaired) electrons. The monoisotopic (exact) mass is 264 g/mol. The van der Waals surface area contributed by atoms with Crippen LogP contribution in [-0.4, -0.2) is 40.5 Å². The number of hydrogen-bond acceptors (Lipinski definition) is 5. The minimum Gasteiger partial charge on any atom is -0.367 e. The van der Waals surface area contributed by atoms with E-state index in [9.17, 15) is 10.1 Å². The predicted octanol–water partition coefficient (Wildman–Crippen LogP) is 2.19. The Bertz CT molecular complexity index is 478. The van der Waals surface area contributed by atoms with E-state index in [-0.39, 0.29) is 5.69 Å². The minimum atomic E-state index is -0.415. The normalized spacial score (nSPS) is 24.2. The number of anilines is 1. The Morgan fingerprint density at radius 2 is 2.32 bits per heavy atom. The molecule has 1 aliphatic rings. The van der Waals surface area contributed by atoms with Crippen LogP contribution < -0.4 is 5.32 Å². The lowest BCUT2D eigenvalue weighted by Crippen LogP contribution is -2.42. The smallest absolute Gasteiger partial charge is 0.287 e. The molecule has 1 N–H and O–H groups in total. The first-order valence-electron chi connectivity index (χ1n) is 6.55. The first kappa shape index (κ1) is 13.7. The summed E-state index contributed by atoms with van der Waals surface area (Å²) in [6.07, 6.45) is 3.45. The summed E-state index contributed by atoms with van der Waals surface area (Å²) in [7, 11) is 2.14. The molecule has 2 rings (SSSR count). The van der Waals surface area contributed by atoms with Crippen molar-refractivity contribution in [1.82, 2.24) is 9.88 Å². The summed E-state index contributed by atoms with van der Waals surface area (Å²) in [5.74, 6) is 0.757. The molecule has 1 aromatic rings. The predicted molar refractivity (Wildman–Crippen MR) is 74.4 cm³/mol. The summed E-state index contributed by atoms with van der Waals surface area (Å²) in [4.78, 5) is 16.8. The molecule has 2 unspecified atom stereocenters. The fourth-order valence-electron chi connectivity index (χ4n) is 2.42. The Morgan fingerprint density at radius 3 is 2.89 bits per heavy atom. The molecule has 0 saturated carbocycles. The summed E-state index contributed by atoms with van der Waals surface area (Å²) < 4.78 is 0. The standard InChI is InChI=1S/C13H20N4O2/c1-9-6-12(17(18)19)8-14-13(9)15-11-4-5-16(3)10(2)7-11/h6,8,10-11H,4-5,7H2,1-3H3,(H,14,15). The van der Waals surface area contributed by atoms with Gasteiger partial charge in [0.05, 0.1) is 4.92 Å². The number of hydrogen-bond donors (Lipinski definition) is 1. The van der Waals surface area contributed by atoms with Crippen molar-refractivity contribution >= 4 is 11.5 Å². The second-order valence-corrected chi connectivity index (χ2v) is 5.31. The molecular formula is C13H20N4O2. The molecule has 6 heteroatoms. The Labute approximate surface area is 113 Å². The van der Waals surface area contributed by atoms with Crippen molar-refractivity contribution in [2.75, 3.05) is 18.9 Å². The molecule has 2 heterocycles. The van der Waals surface area contributed by atoms with Crippen LogP contribution in [0.3, 0.4) is 0 Å². The molecule has 1 fully saturated rings. The average Bonchev–Trinajstić information content (AvgIpc) is 2.36. The van der Waals surface area contributed by atoms with Crippen molar-refractivity contribution in [1.29, 1.82) is 0 Å². The molecule has 0 aromatic carbocycles. The Hall–Kier alpha value is -1.69. The summed E-state index contributed by atoms with van der Waals surface area (Å²) in [6.45, 7) is 5.12. The zero-order valence-electron chi connectivity index (χ0n) is 11.6. The average molecular weight is 264 g/mol. The van der Waals surface area contributed by atoms with Gasteiger partial charge in [-0.15, -0.1) is 0 Å². The van der Waals surface area contributed by atoms with E-state index in [0.717, 1.165) is 30.8 Å². The van der Waals surface area contributed by atoms with Gasteiger partial charge in [0.1, 0.15) is 12.0 Å². The van der Waals surface area contributed by atoms with Gasteiger partial charge in [0.2, 0.25) is 0 Å². The number of pyridine rings is 1. The molecule has 1 saturated heterocycles. The van der Waals surface area contributed by atoms with Crippen molar-refractivity contribution in [2.45, 2.75) is 38.8 Å². The molecule has 2 atom stereocenters. The third kappa shape index (κ3) is 3.20. The van der Waals surface area contributed by atoms with Crippen LogP contribution in [0.4, 0.5) is 11.5 Å². The van der Waals surface area contributed by atoms with Gasteiger partial charge in [-0.3, -0.25) is 10.1 Å². The molecule has 1 aromatic heterocycles. The zero-order chi connectivity index (χ0) is 14.0. The van der Waals surface area contributed by atoms with Gasteiger partial charge in [-0.05, 0) is 39.3 Å². The highest BCUT2D eigenvalue weighted by molar-refractivity contribution is 5.48. The summed E-state index contributed by atoms with van der Waals surface area (Å²) in [6, 6.07) is 2.50. The van der Waals surface area contributed by atoms with Gasteiger partial charge in [0.15, 0.2) is 0 Å². The first-order chi connectivity index (χ1) is 8.97. The molecule has 1 aliphatic heterocycles. The Morgan fingerprint density at radius 1 is 1.58 bits per heavy atom. The molecule has 0 spiro atoms. The zero-order valence-corrected chi connectivity index (χ0v) is 11.6. The number of likely N-dealkylation sites (tertiary alicyclic amines) is 1. The fraction of sp³-hybridized carbons (Fsp3) is 0.615. The van der Waals surface area contributed by atoms with Crippen LogP contribution in [0.5, 0.6) is 0 Å². The van der Waals surface area contributed by atoms with Crippen LogP contribution in [0.2, 0.25) is 0 Å². The van der Waals surface area contributed by atoms with E-state index in [1.165, 1.54) is 6.20 Å². The lowest BCUT2D eigenvalue weighted by molar-refractivity contribution is -0.385. The highest BCUT2D eigenvalue weighted by atomic mass is 16.6. The quantitative estimate of drug-likeness (QED) is 0.669. The summed E-state index contributed by atoms with van der Waals surface area (Å²) in [5, 5.41) is 14.1. The topological polar surface area (TPSA) is 71.3 Å². The molecule has 0 aliphatic carbocycles. The van der Waals surface area contributed by atoms with E-state index in [1.807, 2.05) is 6.92 Å². The number of aromatic nitrogens is 1. The first-order valence-corrected chi connectivity index (χ1v) is 6.55. The van der Waals surface area contributed by atoms with E-state index < -0.39 is 4.92 Å². The van der Waals surface area contributed by atoms with Gasteiger partial charge in [0.25, 0.3) is 5.69 Å². The van der Waals surface area contributed by atoms with Crippen LogP contribution in [0, 0.1) is 17.0 Å². The van der Waals surface area contributed by atoms with E-state index >= 15 is 0 Å². The third-order valence-corrected chi connectivity index (χ3v) is 3.82. The van der Waals surface area contributed by atoms with Gasteiger partial charge in [-0.25, -0.2) is 4.98 Å². The van der Waals surface area contributed by atoms with Gasteiger partial charge < -0.3 is 10.2 Å². The lowest BCUT2D eigenvalue weighted by atomic mass is 9.99. The van der Waals surface area contributed by atoms with Gasteiger partial charge in [-0.1, -0.05) is 0 Å². The summed E-state index contributed by atoms with van der Waals surface area (Å²) in [5.41, 5.74) is 0.862. The van der Waals surface area contributed by atoms with Crippen molar-refractivity contribution < 1.29 is 4.92 Å². The number of rotatable bonds is 3. The highest BCUT2D eigenvalue weighted by Crippen LogP contribution is 2.22. The number of nitro groups is 1. The van der Waals surface area contributed by atoms with Crippen molar-refractivity contribution in [2.24, 2.45) is 0 Å². The molecule has 104 valence electrons. The molecule has 19 heavy (non-hydrogen) atoms. The number of piperidine rings is 1. The second-order valence-electron chi connectivity index (χ2n) is 5.31. The molecule has 0 bridgehead atoms. The van der Waals surface area contributed by atoms with Crippen LogP contribution in [0.25, 0.3) is 0 Å². The van der Waals surface area contributed by atoms with E-state index in [2.05, 4.69) is 29.2 Å². The maximum Gasteiger partial charge on any atom is 0.287 e. The van der Waals surface area contributed by atoms with Crippen molar-refractivity contribution in [3.8, 4) is 0 Å². The third-order valence-electron chi connectivity index (χ3n) is 3.82. The SMILES string of the molecule is Cc1cc([N+](=O)[O-])cnc1NC1CCN(C)C(C)C1.